The molecule has 68 valence electrons. The number of rotatable bonds is 2. The average molecular weight is 175 g/mol. The van der Waals surface area contributed by atoms with Gasteiger partial charge in [0.1, 0.15) is 6.61 Å². The molecule has 1 aromatic rings. The van der Waals surface area contributed by atoms with Crippen molar-refractivity contribution in [3.8, 4) is 0 Å². The first-order chi connectivity index (χ1) is 6.38. The second-order valence-corrected chi connectivity index (χ2v) is 3.35. The lowest BCUT2D eigenvalue weighted by Crippen LogP contribution is -2.15. The Hall–Kier alpha value is -1.31. The van der Waals surface area contributed by atoms with E-state index in [1.165, 1.54) is 5.56 Å². The molecule has 13 heavy (non-hydrogen) atoms. The van der Waals surface area contributed by atoms with E-state index in [-0.39, 0.29) is 0 Å². The van der Waals surface area contributed by atoms with Crippen molar-refractivity contribution in [3.05, 3.63) is 35.9 Å². The van der Waals surface area contributed by atoms with Gasteiger partial charge in [-0.05, 0) is 5.56 Å². The molecule has 1 aliphatic rings. The van der Waals surface area contributed by atoms with Crippen molar-refractivity contribution in [2.45, 2.75) is 18.9 Å². The van der Waals surface area contributed by atoms with E-state index in [0.29, 0.717) is 12.0 Å². The van der Waals surface area contributed by atoms with Gasteiger partial charge in [-0.1, -0.05) is 37.3 Å². The summed E-state index contributed by atoms with van der Waals surface area (Å²) < 4.78 is 5.11. The summed E-state index contributed by atoms with van der Waals surface area (Å²) in [6.45, 7) is 2.90. The van der Waals surface area contributed by atoms with Crippen LogP contribution in [-0.4, -0.2) is 19.0 Å². The quantitative estimate of drug-likeness (QED) is 0.675. The van der Waals surface area contributed by atoms with Crippen molar-refractivity contribution in [2.24, 2.45) is 4.99 Å². The van der Waals surface area contributed by atoms with Crippen LogP contribution in [0.2, 0.25) is 0 Å². The zero-order valence-corrected chi connectivity index (χ0v) is 7.68. The number of aliphatic imine (C=N–C) groups is 1. The molecule has 0 bridgehead atoms. The molecule has 1 aliphatic heterocycles. The second kappa shape index (κ2) is 3.60. The van der Waals surface area contributed by atoms with Crippen LogP contribution in [0, 0.1) is 0 Å². The molecule has 2 nitrogen and oxygen atoms in total. The van der Waals surface area contributed by atoms with E-state index in [2.05, 4.69) is 36.2 Å². The van der Waals surface area contributed by atoms with E-state index in [1.807, 2.05) is 6.07 Å². The molecule has 0 N–H and O–H groups in total. The molecule has 2 heteroatoms. The molecular weight excluding hydrogens is 162 g/mol. The van der Waals surface area contributed by atoms with Gasteiger partial charge in [0.05, 0.1) is 6.04 Å². The van der Waals surface area contributed by atoms with Gasteiger partial charge in [-0.3, -0.25) is 4.99 Å². The molecule has 0 fully saturated rings. The van der Waals surface area contributed by atoms with Crippen LogP contribution >= 0.6 is 0 Å². The highest BCUT2D eigenvalue weighted by Gasteiger charge is 2.20. The van der Waals surface area contributed by atoms with Crippen LogP contribution in [-0.2, 0) is 4.74 Å². The molecule has 0 amide bonds. The van der Waals surface area contributed by atoms with Crippen molar-refractivity contribution >= 4 is 6.40 Å². The highest BCUT2D eigenvalue weighted by molar-refractivity contribution is 5.49. The van der Waals surface area contributed by atoms with Crippen LogP contribution in [0.3, 0.4) is 0 Å². The van der Waals surface area contributed by atoms with Crippen LogP contribution in [0.25, 0.3) is 0 Å². The van der Waals surface area contributed by atoms with Gasteiger partial charge in [0.15, 0.2) is 6.40 Å². The highest BCUT2D eigenvalue weighted by atomic mass is 16.5. The summed E-state index contributed by atoms with van der Waals surface area (Å²) in [5, 5.41) is 0. The molecule has 0 saturated carbocycles. The predicted octanol–water partition coefficient (Wildman–Crippen LogP) is 2.22. The lowest BCUT2D eigenvalue weighted by molar-refractivity contribution is 0.314. The summed E-state index contributed by atoms with van der Waals surface area (Å²) in [6, 6.07) is 10.7. The molecule has 1 heterocycles. The summed E-state index contributed by atoms with van der Waals surface area (Å²) >= 11 is 0. The summed E-state index contributed by atoms with van der Waals surface area (Å²) in [5.41, 5.74) is 1.33. The van der Waals surface area contributed by atoms with Gasteiger partial charge < -0.3 is 4.74 Å². The van der Waals surface area contributed by atoms with Gasteiger partial charge in [-0.15, -0.1) is 0 Å². The normalized spacial score (nSPS) is 22.7. The van der Waals surface area contributed by atoms with Gasteiger partial charge in [0.25, 0.3) is 0 Å². The van der Waals surface area contributed by atoms with E-state index in [4.69, 9.17) is 4.74 Å². The largest absolute Gasteiger partial charge is 0.481 e. The fourth-order valence-corrected chi connectivity index (χ4v) is 1.56. The molecule has 0 aliphatic carbocycles. The standard InChI is InChI=1S/C11H13NO/c1-9(11-7-13-8-12-11)10-5-3-2-4-6-10/h2-6,8-9,11H,7H2,1H3. The van der Waals surface area contributed by atoms with Gasteiger partial charge in [-0.25, -0.2) is 0 Å². The fraction of sp³-hybridized carbons (Fsp3) is 0.364. The molecule has 0 spiro atoms. The predicted molar refractivity (Wildman–Crippen MR) is 53.1 cm³/mol. The van der Waals surface area contributed by atoms with Crippen molar-refractivity contribution < 1.29 is 4.74 Å². The zero-order valence-electron chi connectivity index (χ0n) is 7.68. The van der Waals surface area contributed by atoms with Gasteiger partial charge in [0, 0.05) is 5.92 Å². The first kappa shape index (κ1) is 8.30. The Balaban J connectivity index is 2.13. The third-order valence-corrected chi connectivity index (χ3v) is 2.50. The number of benzene rings is 1. The average Bonchev–Trinajstić information content (AvgIpc) is 2.71. The number of hydrogen-bond donors (Lipinski definition) is 0. The topological polar surface area (TPSA) is 21.6 Å². The van der Waals surface area contributed by atoms with Gasteiger partial charge in [-0.2, -0.15) is 0 Å². The van der Waals surface area contributed by atoms with E-state index in [0.717, 1.165) is 6.61 Å². The highest BCUT2D eigenvalue weighted by Crippen LogP contribution is 2.22. The van der Waals surface area contributed by atoms with E-state index < -0.39 is 0 Å². The third kappa shape index (κ3) is 1.72. The van der Waals surface area contributed by atoms with Crippen LogP contribution in [0.4, 0.5) is 0 Å². The van der Waals surface area contributed by atoms with E-state index in [9.17, 15) is 0 Å². The third-order valence-electron chi connectivity index (χ3n) is 2.50. The van der Waals surface area contributed by atoms with E-state index in [1.54, 1.807) is 6.40 Å². The molecule has 2 rings (SSSR count). The second-order valence-electron chi connectivity index (χ2n) is 3.35. The number of ether oxygens (including phenoxy) is 1. The fourth-order valence-electron chi connectivity index (χ4n) is 1.56. The van der Waals surface area contributed by atoms with Crippen molar-refractivity contribution in [1.82, 2.24) is 0 Å². The minimum atomic E-state index is 0.294. The first-order valence-electron chi connectivity index (χ1n) is 4.56. The summed E-state index contributed by atoms with van der Waals surface area (Å²) in [6.07, 6.45) is 1.56. The Labute approximate surface area is 78.3 Å². The van der Waals surface area contributed by atoms with Crippen LogP contribution in [0.1, 0.15) is 18.4 Å². The zero-order chi connectivity index (χ0) is 9.10. The van der Waals surface area contributed by atoms with Crippen LogP contribution < -0.4 is 0 Å². The monoisotopic (exact) mass is 175 g/mol. The van der Waals surface area contributed by atoms with Crippen LogP contribution in [0.5, 0.6) is 0 Å². The Kier molecular flexibility index (Phi) is 2.30. The molecule has 0 radical (unpaired) electrons. The van der Waals surface area contributed by atoms with Gasteiger partial charge in [0.2, 0.25) is 0 Å². The smallest absolute Gasteiger partial charge is 0.169 e. The maximum atomic E-state index is 5.11. The Morgan fingerprint density at radius 1 is 1.38 bits per heavy atom. The molecule has 2 atom stereocenters. The maximum Gasteiger partial charge on any atom is 0.169 e. The summed E-state index contributed by atoms with van der Waals surface area (Å²) in [7, 11) is 0. The van der Waals surface area contributed by atoms with Crippen molar-refractivity contribution in [1.29, 1.82) is 0 Å². The van der Waals surface area contributed by atoms with Crippen molar-refractivity contribution in [3.63, 3.8) is 0 Å². The molecule has 0 saturated heterocycles. The Bertz CT molecular complexity index is 294. The lowest BCUT2D eigenvalue weighted by atomic mass is 9.94. The SMILES string of the molecule is CC(c1ccccc1)C1COC=N1. The lowest BCUT2D eigenvalue weighted by Gasteiger charge is -2.15. The number of hydrogen-bond acceptors (Lipinski definition) is 2. The Morgan fingerprint density at radius 2 is 2.15 bits per heavy atom. The first-order valence-corrected chi connectivity index (χ1v) is 4.56. The molecule has 2 unspecified atom stereocenters. The maximum absolute atomic E-state index is 5.11. The van der Waals surface area contributed by atoms with Crippen LogP contribution in [0.15, 0.2) is 35.3 Å². The molecule has 1 aromatic carbocycles. The minimum absolute atomic E-state index is 0.294. The summed E-state index contributed by atoms with van der Waals surface area (Å²) in [5.74, 6) is 0.444. The molecular formula is C11H13NO. The van der Waals surface area contributed by atoms with Gasteiger partial charge >= 0.3 is 0 Å². The van der Waals surface area contributed by atoms with Crippen molar-refractivity contribution in [2.75, 3.05) is 6.61 Å². The summed E-state index contributed by atoms with van der Waals surface area (Å²) in [4.78, 5) is 4.26. The number of nitrogens with zero attached hydrogens (tertiary/aromatic N) is 1. The van der Waals surface area contributed by atoms with E-state index >= 15 is 0 Å². The Morgan fingerprint density at radius 3 is 2.77 bits per heavy atom. The molecule has 0 aromatic heterocycles. The minimum Gasteiger partial charge on any atom is -0.481 e.